The normalized spacial score (nSPS) is 17.9. The zero-order valence-corrected chi connectivity index (χ0v) is 23.4. The van der Waals surface area contributed by atoms with Crippen molar-refractivity contribution in [2.45, 2.75) is 38.5 Å². The summed E-state index contributed by atoms with van der Waals surface area (Å²) in [4.78, 5) is 4.71. The summed E-state index contributed by atoms with van der Waals surface area (Å²) in [6, 6.07) is 36.4. The molecular formula is C33H28IrN2-2. The molecule has 3 aliphatic rings. The Morgan fingerprint density at radius 2 is 1.28 bits per heavy atom. The van der Waals surface area contributed by atoms with Gasteiger partial charge in [0.25, 0.3) is 0 Å². The summed E-state index contributed by atoms with van der Waals surface area (Å²) in [5.41, 5.74) is 12.8. The average molecular weight is 645 g/mol. The van der Waals surface area contributed by atoms with Gasteiger partial charge in [0.05, 0.1) is 0 Å². The van der Waals surface area contributed by atoms with E-state index < -0.39 is 0 Å². The quantitative estimate of drug-likeness (QED) is 0.204. The van der Waals surface area contributed by atoms with E-state index in [-0.39, 0.29) is 30.9 Å². The molecule has 4 aromatic rings. The van der Waals surface area contributed by atoms with E-state index in [1.54, 1.807) is 0 Å². The maximum Gasteiger partial charge on any atom is 0.0424 e. The molecule has 2 nitrogen and oxygen atoms in total. The Balaban J connectivity index is 0.00000240. The van der Waals surface area contributed by atoms with E-state index in [4.69, 9.17) is 0 Å². The van der Waals surface area contributed by atoms with Crippen LogP contribution in [0.25, 0.3) is 22.5 Å². The molecule has 0 N–H and O–H groups in total. The Hall–Kier alpha value is -3.13. The molecule has 0 saturated carbocycles. The summed E-state index contributed by atoms with van der Waals surface area (Å²) in [6.45, 7) is 11.8. The first kappa shape index (κ1) is 23.3. The van der Waals surface area contributed by atoms with Crippen molar-refractivity contribution in [3.8, 4) is 11.1 Å². The first-order valence-electron chi connectivity index (χ1n) is 12.4. The number of rotatable bonds is 2. The summed E-state index contributed by atoms with van der Waals surface area (Å²) >= 11 is 0. The topological polar surface area (TPSA) is 6.48 Å². The smallest absolute Gasteiger partial charge is 0.0424 e. The number of nitrogens with zero attached hydrogens (tertiary/aromatic N) is 2. The molecule has 7 rings (SSSR count). The summed E-state index contributed by atoms with van der Waals surface area (Å²) in [6.07, 6.45) is 0. The van der Waals surface area contributed by atoms with Crippen molar-refractivity contribution >= 4 is 22.8 Å². The monoisotopic (exact) mass is 645 g/mol. The third kappa shape index (κ3) is 2.88. The number of benzene rings is 4. The average Bonchev–Trinajstić information content (AvgIpc) is 3.29. The van der Waals surface area contributed by atoms with Gasteiger partial charge in [-0.05, 0) is 39.7 Å². The van der Waals surface area contributed by atoms with Crippen molar-refractivity contribution in [3.63, 3.8) is 0 Å². The molecule has 0 saturated heterocycles. The van der Waals surface area contributed by atoms with Crippen LogP contribution in [-0.2, 0) is 30.9 Å². The minimum atomic E-state index is -0.0138. The molecule has 2 heterocycles. The van der Waals surface area contributed by atoms with Crippen LogP contribution in [0.5, 0.6) is 0 Å². The molecule has 0 atom stereocenters. The second-order valence-corrected chi connectivity index (χ2v) is 10.8. The Morgan fingerprint density at radius 1 is 0.639 bits per heavy atom. The Bertz CT molecular complexity index is 1520. The Kier molecular flexibility index (Phi) is 5.13. The third-order valence-corrected chi connectivity index (χ3v) is 8.71. The van der Waals surface area contributed by atoms with E-state index in [9.17, 15) is 0 Å². The van der Waals surface area contributed by atoms with Crippen LogP contribution in [0.15, 0.2) is 91.0 Å². The first-order valence-corrected chi connectivity index (χ1v) is 12.4. The second kappa shape index (κ2) is 7.93. The molecule has 1 aliphatic carbocycles. The van der Waals surface area contributed by atoms with Crippen molar-refractivity contribution in [2.75, 3.05) is 9.80 Å². The molecule has 4 aromatic carbocycles. The fraction of sp³-hybridized carbons (Fsp3) is 0.182. The molecule has 36 heavy (non-hydrogen) atoms. The molecule has 181 valence electrons. The largest absolute Gasteiger partial charge is 0.492 e. The number of para-hydroxylation sites is 1. The first-order chi connectivity index (χ1) is 16.9. The summed E-state index contributed by atoms with van der Waals surface area (Å²) < 4.78 is 0. The molecule has 2 aliphatic heterocycles. The van der Waals surface area contributed by atoms with E-state index in [0.717, 1.165) is 11.4 Å². The fourth-order valence-electron chi connectivity index (χ4n) is 6.21. The number of hydrogen-bond donors (Lipinski definition) is 0. The third-order valence-electron chi connectivity index (χ3n) is 8.71. The van der Waals surface area contributed by atoms with Gasteiger partial charge in [-0.2, -0.15) is 18.2 Å². The van der Waals surface area contributed by atoms with Gasteiger partial charge in [0.2, 0.25) is 0 Å². The summed E-state index contributed by atoms with van der Waals surface area (Å²) in [5.74, 6) is 0. The Morgan fingerprint density at radius 3 is 1.97 bits per heavy atom. The predicted molar refractivity (Wildman–Crippen MR) is 146 cm³/mol. The molecule has 0 amide bonds. The molecule has 0 spiro atoms. The van der Waals surface area contributed by atoms with Crippen molar-refractivity contribution in [1.82, 2.24) is 0 Å². The van der Waals surface area contributed by atoms with Gasteiger partial charge in [-0.3, -0.25) is 0 Å². The van der Waals surface area contributed by atoms with Crippen LogP contribution < -0.4 is 9.80 Å². The van der Waals surface area contributed by atoms with Gasteiger partial charge in [0.1, 0.15) is 0 Å². The van der Waals surface area contributed by atoms with Gasteiger partial charge in [-0.15, -0.1) is 17.8 Å². The zero-order valence-electron chi connectivity index (χ0n) is 21.0. The van der Waals surface area contributed by atoms with Crippen LogP contribution in [-0.4, -0.2) is 0 Å². The Labute approximate surface area is 227 Å². The SMILES string of the molecule is CC1(C)c2cc[c-]c3c2-c2c(cccc2C1(C)C)C1=C(c2ccccc2)N(c2ccccc2)[CH-]N13.[Ir]. The number of fused-ring (bicyclic) bond motifs is 3. The summed E-state index contributed by atoms with van der Waals surface area (Å²) in [7, 11) is 0. The molecule has 1 radical (unpaired) electrons. The van der Waals surface area contributed by atoms with Crippen molar-refractivity contribution in [2.24, 2.45) is 0 Å². The van der Waals surface area contributed by atoms with Crippen molar-refractivity contribution < 1.29 is 20.1 Å². The second-order valence-electron chi connectivity index (χ2n) is 10.8. The molecule has 0 aromatic heterocycles. The van der Waals surface area contributed by atoms with Crippen molar-refractivity contribution in [3.05, 3.63) is 126 Å². The fourth-order valence-corrected chi connectivity index (χ4v) is 6.21. The number of anilines is 2. The van der Waals surface area contributed by atoms with Crippen molar-refractivity contribution in [1.29, 1.82) is 0 Å². The van der Waals surface area contributed by atoms with Crippen LogP contribution in [0.2, 0.25) is 0 Å². The maximum absolute atomic E-state index is 3.65. The van der Waals surface area contributed by atoms with E-state index in [1.807, 2.05) is 0 Å². The van der Waals surface area contributed by atoms with Gasteiger partial charge < -0.3 is 9.80 Å². The maximum atomic E-state index is 3.65. The van der Waals surface area contributed by atoms with Gasteiger partial charge in [-0.1, -0.05) is 106 Å². The van der Waals surface area contributed by atoms with Crippen LogP contribution in [0.1, 0.15) is 49.9 Å². The molecular weight excluding hydrogens is 617 g/mol. The predicted octanol–water partition coefficient (Wildman–Crippen LogP) is 8.01. The van der Waals surface area contributed by atoms with Crippen LogP contribution in [0, 0.1) is 12.7 Å². The minimum Gasteiger partial charge on any atom is -0.492 e. The van der Waals surface area contributed by atoms with Crippen LogP contribution in [0.3, 0.4) is 0 Å². The van der Waals surface area contributed by atoms with Crippen LogP contribution in [0.4, 0.5) is 11.4 Å². The van der Waals surface area contributed by atoms with Gasteiger partial charge >= 0.3 is 0 Å². The standard InChI is InChI=1S/C33H28N2.Ir/c1-32(2)25-18-11-17-24-28(25)29-26(33(32,3)4)19-12-20-27(29)35-21-34(23-15-9-6-10-16-23)30(31(24)35)22-13-7-5-8-14-22;/h5-19,21H,1-4H3;/q-2;. The van der Waals surface area contributed by atoms with E-state index in [2.05, 4.69) is 141 Å². The van der Waals surface area contributed by atoms with Gasteiger partial charge in [-0.25, -0.2) is 0 Å². The van der Waals surface area contributed by atoms with E-state index in [0.29, 0.717) is 0 Å². The van der Waals surface area contributed by atoms with E-state index >= 15 is 0 Å². The van der Waals surface area contributed by atoms with Crippen LogP contribution >= 0.6 is 0 Å². The summed E-state index contributed by atoms with van der Waals surface area (Å²) in [5, 5.41) is 0. The minimum absolute atomic E-state index is 0. The molecule has 0 unspecified atom stereocenters. The molecule has 0 fully saturated rings. The zero-order chi connectivity index (χ0) is 23.9. The van der Waals surface area contributed by atoms with Gasteiger partial charge in [0.15, 0.2) is 0 Å². The van der Waals surface area contributed by atoms with Gasteiger partial charge in [0, 0.05) is 37.2 Å². The number of hydrogen-bond acceptors (Lipinski definition) is 2. The molecule has 3 heteroatoms. The van der Waals surface area contributed by atoms with E-state index in [1.165, 1.54) is 44.8 Å². The molecule has 0 bridgehead atoms.